The van der Waals surface area contributed by atoms with Crippen LogP contribution in [0, 0.1) is 6.92 Å². The predicted molar refractivity (Wildman–Crippen MR) is 64.3 cm³/mol. The van der Waals surface area contributed by atoms with Crippen molar-refractivity contribution in [3.63, 3.8) is 0 Å². The molecule has 1 fully saturated rings. The maximum atomic E-state index is 12.2. The van der Waals surface area contributed by atoms with Gasteiger partial charge in [0, 0.05) is 15.8 Å². The number of anilines is 1. The number of aryl methyl sites for hydroxylation is 1. The minimum Gasteiger partial charge on any atom is -0.399 e. The van der Waals surface area contributed by atoms with Crippen molar-refractivity contribution >= 4 is 16.5 Å². The van der Waals surface area contributed by atoms with Crippen molar-refractivity contribution in [3.05, 3.63) is 23.8 Å². The van der Waals surface area contributed by atoms with Crippen molar-refractivity contribution in [2.45, 2.75) is 42.8 Å². The molecule has 1 unspecified atom stereocenters. The van der Waals surface area contributed by atoms with Gasteiger partial charge in [0.25, 0.3) is 0 Å². The van der Waals surface area contributed by atoms with Gasteiger partial charge in [-0.05, 0) is 43.5 Å². The van der Waals surface area contributed by atoms with Crippen LogP contribution in [0.4, 0.5) is 5.69 Å². The second kappa shape index (κ2) is 4.35. The quantitative estimate of drug-likeness (QED) is 0.783. The van der Waals surface area contributed by atoms with E-state index in [4.69, 9.17) is 5.73 Å². The molecule has 1 aromatic rings. The average Bonchev–Trinajstić information content (AvgIpc) is 2.69. The zero-order valence-electron chi connectivity index (χ0n) is 9.03. The Morgan fingerprint density at radius 1 is 1.33 bits per heavy atom. The molecule has 1 aromatic carbocycles. The molecular formula is C12H17NOS. The lowest BCUT2D eigenvalue weighted by Gasteiger charge is -2.11. The molecular weight excluding hydrogens is 206 g/mol. The van der Waals surface area contributed by atoms with Crippen LogP contribution in [0.5, 0.6) is 0 Å². The molecule has 1 aliphatic rings. The van der Waals surface area contributed by atoms with Crippen LogP contribution in [-0.4, -0.2) is 9.46 Å². The maximum Gasteiger partial charge on any atom is 0.0563 e. The molecule has 2 nitrogen and oxygen atoms in total. The molecule has 0 spiro atoms. The summed E-state index contributed by atoms with van der Waals surface area (Å²) in [6.45, 7) is 1.98. The van der Waals surface area contributed by atoms with E-state index in [0.717, 1.165) is 29.0 Å². The molecule has 15 heavy (non-hydrogen) atoms. The first kappa shape index (κ1) is 10.7. The summed E-state index contributed by atoms with van der Waals surface area (Å²) in [4.78, 5) is 0.969. The minimum absolute atomic E-state index is 0.368. The molecule has 0 heterocycles. The van der Waals surface area contributed by atoms with Crippen molar-refractivity contribution in [1.82, 2.24) is 0 Å². The van der Waals surface area contributed by atoms with E-state index in [1.807, 2.05) is 25.1 Å². The molecule has 1 aliphatic carbocycles. The SMILES string of the molecule is Cc1cc(N)ccc1S(=O)C1CCCC1. The number of rotatable bonds is 2. The molecule has 0 aromatic heterocycles. The Hall–Kier alpha value is -0.830. The highest BCUT2D eigenvalue weighted by molar-refractivity contribution is 7.85. The van der Waals surface area contributed by atoms with E-state index in [2.05, 4.69) is 0 Å². The van der Waals surface area contributed by atoms with E-state index in [-0.39, 0.29) is 0 Å². The van der Waals surface area contributed by atoms with E-state index < -0.39 is 10.8 Å². The third kappa shape index (κ3) is 2.23. The van der Waals surface area contributed by atoms with Gasteiger partial charge in [-0.25, -0.2) is 0 Å². The Bertz CT molecular complexity index is 383. The van der Waals surface area contributed by atoms with Crippen LogP contribution in [0.3, 0.4) is 0 Å². The fourth-order valence-electron chi connectivity index (χ4n) is 2.18. The van der Waals surface area contributed by atoms with Crippen LogP contribution in [0.25, 0.3) is 0 Å². The molecule has 1 atom stereocenters. The lowest BCUT2D eigenvalue weighted by atomic mass is 10.2. The molecule has 0 saturated heterocycles. The summed E-state index contributed by atoms with van der Waals surface area (Å²) in [5, 5.41) is 0.368. The van der Waals surface area contributed by atoms with Gasteiger partial charge in [-0.15, -0.1) is 0 Å². The van der Waals surface area contributed by atoms with Gasteiger partial charge >= 0.3 is 0 Å². The van der Waals surface area contributed by atoms with E-state index in [9.17, 15) is 4.21 Å². The lowest BCUT2D eigenvalue weighted by Crippen LogP contribution is -2.11. The number of hydrogen-bond acceptors (Lipinski definition) is 2. The van der Waals surface area contributed by atoms with Crippen molar-refractivity contribution in [2.75, 3.05) is 5.73 Å². The normalized spacial score (nSPS) is 19.3. The van der Waals surface area contributed by atoms with Gasteiger partial charge in [0.05, 0.1) is 10.8 Å². The fraction of sp³-hybridized carbons (Fsp3) is 0.500. The van der Waals surface area contributed by atoms with Gasteiger partial charge in [0.1, 0.15) is 0 Å². The number of nitrogens with two attached hydrogens (primary N) is 1. The first-order valence-corrected chi connectivity index (χ1v) is 6.66. The first-order chi connectivity index (χ1) is 7.18. The highest BCUT2D eigenvalue weighted by Gasteiger charge is 2.23. The molecule has 2 N–H and O–H groups in total. The zero-order chi connectivity index (χ0) is 10.8. The molecule has 0 amide bonds. The Morgan fingerprint density at radius 2 is 2.00 bits per heavy atom. The fourth-order valence-corrected chi connectivity index (χ4v) is 3.88. The summed E-state index contributed by atoms with van der Waals surface area (Å²) in [5.74, 6) is 0. The molecule has 1 saturated carbocycles. The van der Waals surface area contributed by atoms with Gasteiger partial charge in [0.15, 0.2) is 0 Å². The molecule has 0 bridgehead atoms. The first-order valence-electron chi connectivity index (χ1n) is 5.45. The van der Waals surface area contributed by atoms with Crippen LogP contribution in [-0.2, 0) is 10.8 Å². The van der Waals surface area contributed by atoms with Gasteiger partial charge < -0.3 is 5.73 Å². The maximum absolute atomic E-state index is 12.2. The minimum atomic E-state index is -0.834. The van der Waals surface area contributed by atoms with Crippen LogP contribution in [0.2, 0.25) is 0 Å². The second-order valence-electron chi connectivity index (χ2n) is 4.23. The predicted octanol–water partition coefficient (Wildman–Crippen LogP) is 2.63. The van der Waals surface area contributed by atoms with Crippen molar-refractivity contribution in [3.8, 4) is 0 Å². The highest BCUT2D eigenvalue weighted by Crippen LogP contribution is 2.28. The van der Waals surface area contributed by atoms with E-state index in [1.54, 1.807) is 0 Å². The largest absolute Gasteiger partial charge is 0.399 e. The molecule has 2 rings (SSSR count). The topological polar surface area (TPSA) is 43.1 Å². The third-order valence-electron chi connectivity index (χ3n) is 3.02. The van der Waals surface area contributed by atoms with Gasteiger partial charge in [-0.2, -0.15) is 0 Å². The molecule has 0 radical (unpaired) electrons. The van der Waals surface area contributed by atoms with Crippen molar-refractivity contribution < 1.29 is 4.21 Å². The van der Waals surface area contributed by atoms with Crippen molar-refractivity contribution in [1.29, 1.82) is 0 Å². The average molecular weight is 223 g/mol. The summed E-state index contributed by atoms with van der Waals surface area (Å²) < 4.78 is 12.2. The summed E-state index contributed by atoms with van der Waals surface area (Å²) in [6.07, 6.45) is 4.67. The van der Waals surface area contributed by atoms with E-state index >= 15 is 0 Å². The molecule has 82 valence electrons. The molecule has 3 heteroatoms. The standard InChI is InChI=1S/C12H17NOS/c1-9-8-10(13)6-7-12(9)15(14)11-4-2-3-5-11/h6-8,11H,2-5,13H2,1H3. The monoisotopic (exact) mass is 223 g/mol. The summed E-state index contributed by atoms with van der Waals surface area (Å²) in [5.41, 5.74) is 7.49. The molecule has 0 aliphatic heterocycles. The van der Waals surface area contributed by atoms with Gasteiger partial charge in [0.2, 0.25) is 0 Å². The smallest absolute Gasteiger partial charge is 0.0563 e. The second-order valence-corrected chi connectivity index (χ2v) is 5.93. The summed E-state index contributed by atoms with van der Waals surface area (Å²) in [6, 6.07) is 5.66. The summed E-state index contributed by atoms with van der Waals surface area (Å²) in [7, 11) is -0.834. The van der Waals surface area contributed by atoms with Gasteiger partial charge in [-0.1, -0.05) is 12.8 Å². The number of hydrogen-bond donors (Lipinski definition) is 1. The number of nitrogen functional groups attached to an aromatic ring is 1. The van der Waals surface area contributed by atoms with Crippen LogP contribution in [0.15, 0.2) is 23.1 Å². The highest BCUT2D eigenvalue weighted by atomic mass is 32.2. The lowest BCUT2D eigenvalue weighted by molar-refractivity contribution is 0.668. The van der Waals surface area contributed by atoms with Gasteiger partial charge in [-0.3, -0.25) is 4.21 Å². The van der Waals surface area contributed by atoms with Crippen LogP contribution >= 0.6 is 0 Å². The Labute approximate surface area is 93.3 Å². The van der Waals surface area contributed by atoms with Crippen molar-refractivity contribution in [2.24, 2.45) is 0 Å². The third-order valence-corrected chi connectivity index (χ3v) is 4.99. The Balaban J connectivity index is 2.24. The zero-order valence-corrected chi connectivity index (χ0v) is 9.85. The Morgan fingerprint density at radius 3 is 2.60 bits per heavy atom. The van der Waals surface area contributed by atoms with Crippen LogP contribution in [0.1, 0.15) is 31.2 Å². The number of benzene rings is 1. The van der Waals surface area contributed by atoms with Crippen LogP contribution < -0.4 is 5.73 Å². The van der Waals surface area contributed by atoms with E-state index in [1.165, 1.54) is 12.8 Å². The van der Waals surface area contributed by atoms with E-state index in [0.29, 0.717) is 5.25 Å². The Kier molecular flexibility index (Phi) is 3.10. The summed E-state index contributed by atoms with van der Waals surface area (Å²) >= 11 is 0.